The average Bonchev–Trinajstić information content (AvgIpc) is 2.62. The second-order valence-corrected chi connectivity index (χ2v) is 6.07. The van der Waals surface area contributed by atoms with E-state index < -0.39 is 5.97 Å². The molecule has 2 aromatic rings. The molecule has 94 valence electrons. The van der Waals surface area contributed by atoms with Gasteiger partial charge in [-0.25, -0.2) is 4.98 Å². The molecular weight excluding hydrogens is 314 g/mol. The van der Waals surface area contributed by atoms with Gasteiger partial charge in [0.05, 0.1) is 17.1 Å². The number of carboxylic acid groups (broad SMARTS) is 1. The van der Waals surface area contributed by atoms with Crippen molar-refractivity contribution in [1.82, 2.24) is 4.98 Å². The van der Waals surface area contributed by atoms with Crippen LogP contribution in [-0.2, 0) is 17.6 Å². The maximum Gasteiger partial charge on any atom is 0.308 e. The Bertz CT molecular complexity index is 563. The van der Waals surface area contributed by atoms with Gasteiger partial charge in [-0.3, -0.25) is 4.79 Å². The quantitative estimate of drug-likeness (QED) is 0.936. The van der Waals surface area contributed by atoms with Crippen LogP contribution in [0, 0.1) is 6.92 Å². The van der Waals surface area contributed by atoms with Crippen molar-refractivity contribution in [2.24, 2.45) is 0 Å². The van der Waals surface area contributed by atoms with E-state index in [1.165, 1.54) is 16.9 Å². The molecule has 0 spiro atoms. The molecule has 0 saturated carbocycles. The first-order valence-corrected chi connectivity index (χ1v) is 7.07. The summed E-state index contributed by atoms with van der Waals surface area (Å²) in [5.41, 5.74) is 2.00. The third-order valence-electron chi connectivity index (χ3n) is 2.52. The zero-order valence-corrected chi connectivity index (χ0v) is 12.2. The highest BCUT2D eigenvalue weighted by atomic mass is 79.9. The number of benzene rings is 1. The molecule has 18 heavy (non-hydrogen) atoms. The van der Waals surface area contributed by atoms with Crippen molar-refractivity contribution >= 4 is 33.2 Å². The van der Waals surface area contributed by atoms with Crippen molar-refractivity contribution in [1.29, 1.82) is 0 Å². The molecule has 0 unspecified atom stereocenters. The van der Waals surface area contributed by atoms with E-state index in [1.807, 2.05) is 31.2 Å². The molecule has 1 aromatic carbocycles. The summed E-state index contributed by atoms with van der Waals surface area (Å²) in [5, 5.41) is 9.76. The fourth-order valence-electron chi connectivity index (χ4n) is 1.64. The first-order valence-electron chi connectivity index (χ1n) is 5.46. The maximum absolute atomic E-state index is 10.7. The molecule has 0 aliphatic carbocycles. The van der Waals surface area contributed by atoms with Crippen LogP contribution in [0.15, 0.2) is 28.7 Å². The Morgan fingerprint density at radius 1 is 1.39 bits per heavy atom. The first-order chi connectivity index (χ1) is 8.54. The molecule has 1 heterocycles. The predicted octanol–water partition coefficient (Wildman–Crippen LogP) is 3.43. The highest BCUT2D eigenvalue weighted by molar-refractivity contribution is 9.10. The fourth-order valence-corrected chi connectivity index (χ4v) is 3.00. The standard InChI is InChI=1S/C13H12BrNO2S/c1-8-11(7-13(16)17)18-12(15-8)6-9-2-4-10(14)5-3-9/h2-5H,6-7H2,1H3,(H,16,17). The lowest BCUT2D eigenvalue weighted by atomic mass is 10.2. The van der Waals surface area contributed by atoms with E-state index in [2.05, 4.69) is 20.9 Å². The molecule has 0 atom stereocenters. The van der Waals surface area contributed by atoms with Gasteiger partial charge in [0.15, 0.2) is 0 Å². The lowest BCUT2D eigenvalue weighted by Crippen LogP contribution is -1.99. The van der Waals surface area contributed by atoms with Gasteiger partial charge in [-0.1, -0.05) is 28.1 Å². The molecule has 0 radical (unpaired) electrons. The van der Waals surface area contributed by atoms with Crippen LogP contribution in [0.5, 0.6) is 0 Å². The second-order valence-electron chi connectivity index (χ2n) is 3.99. The summed E-state index contributed by atoms with van der Waals surface area (Å²) in [6.07, 6.45) is 0.808. The fraction of sp³-hybridized carbons (Fsp3) is 0.231. The minimum atomic E-state index is -0.808. The van der Waals surface area contributed by atoms with E-state index in [0.717, 1.165) is 26.5 Å². The van der Waals surface area contributed by atoms with Crippen LogP contribution in [0.25, 0.3) is 0 Å². The molecule has 0 bridgehead atoms. The average molecular weight is 326 g/mol. The minimum Gasteiger partial charge on any atom is -0.481 e. The molecule has 0 aliphatic heterocycles. The van der Waals surface area contributed by atoms with Gasteiger partial charge in [-0.15, -0.1) is 11.3 Å². The minimum absolute atomic E-state index is 0.0594. The van der Waals surface area contributed by atoms with Gasteiger partial charge in [0.25, 0.3) is 0 Å². The molecular formula is C13H12BrNO2S. The van der Waals surface area contributed by atoms with E-state index in [-0.39, 0.29) is 6.42 Å². The summed E-state index contributed by atoms with van der Waals surface area (Å²) in [5.74, 6) is -0.808. The molecule has 0 amide bonds. The number of rotatable bonds is 4. The third-order valence-corrected chi connectivity index (χ3v) is 4.20. The molecule has 0 saturated heterocycles. The lowest BCUT2D eigenvalue weighted by Gasteiger charge is -1.97. The number of aryl methyl sites for hydroxylation is 1. The normalized spacial score (nSPS) is 10.6. The first kappa shape index (κ1) is 13.2. The van der Waals surface area contributed by atoms with E-state index >= 15 is 0 Å². The molecule has 5 heteroatoms. The lowest BCUT2D eigenvalue weighted by molar-refractivity contribution is -0.136. The van der Waals surface area contributed by atoms with Crippen molar-refractivity contribution < 1.29 is 9.90 Å². The number of thiazole rings is 1. The highest BCUT2D eigenvalue weighted by Crippen LogP contribution is 2.22. The van der Waals surface area contributed by atoms with Gasteiger partial charge in [0.2, 0.25) is 0 Å². The van der Waals surface area contributed by atoms with Gasteiger partial charge in [0, 0.05) is 15.8 Å². The van der Waals surface area contributed by atoms with Crippen LogP contribution in [-0.4, -0.2) is 16.1 Å². The Balaban J connectivity index is 2.14. The molecule has 1 aromatic heterocycles. The van der Waals surface area contributed by atoms with Crippen molar-refractivity contribution in [3.63, 3.8) is 0 Å². The number of hydrogen-bond donors (Lipinski definition) is 1. The molecule has 2 rings (SSSR count). The van der Waals surface area contributed by atoms with E-state index in [4.69, 9.17) is 5.11 Å². The Labute approximate surface area is 118 Å². The zero-order chi connectivity index (χ0) is 13.1. The summed E-state index contributed by atoms with van der Waals surface area (Å²) in [6, 6.07) is 8.07. The Morgan fingerprint density at radius 2 is 2.06 bits per heavy atom. The number of nitrogens with zero attached hydrogens (tertiary/aromatic N) is 1. The third kappa shape index (κ3) is 3.40. The van der Waals surface area contributed by atoms with E-state index in [0.29, 0.717) is 0 Å². The zero-order valence-electron chi connectivity index (χ0n) is 9.81. The molecule has 0 aliphatic rings. The monoisotopic (exact) mass is 325 g/mol. The summed E-state index contributed by atoms with van der Waals surface area (Å²) in [4.78, 5) is 16.0. The van der Waals surface area contributed by atoms with Gasteiger partial charge >= 0.3 is 5.97 Å². The van der Waals surface area contributed by atoms with Gasteiger partial charge in [0.1, 0.15) is 0 Å². The Hall–Kier alpha value is -1.20. The summed E-state index contributed by atoms with van der Waals surface area (Å²) in [6.45, 7) is 1.86. The SMILES string of the molecule is Cc1nc(Cc2ccc(Br)cc2)sc1CC(=O)O. The van der Waals surface area contributed by atoms with Crippen molar-refractivity contribution in [2.75, 3.05) is 0 Å². The van der Waals surface area contributed by atoms with Crippen LogP contribution in [0.4, 0.5) is 0 Å². The van der Waals surface area contributed by atoms with Crippen molar-refractivity contribution in [3.05, 3.63) is 49.9 Å². The molecule has 3 nitrogen and oxygen atoms in total. The number of aliphatic carboxylic acids is 1. The van der Waals surface area contributed by atoms with Gasteiger partial charge < -0.3 is 5.11 Å². The van der Waals surface area contributed by atoms with Crippen LogP contribution in [0.2, 0.25) is 0 Å². The number of carbonyl (C=O) groups is 1. The number of hydrogen-bond acceptors (Lipinski definition) is 3. The Morgan fingerprint density at radius 3 is 2.67 bits per heavy atom. The van der Waals surface area contributed by atoms with Crippen LogP contribution in [0.3, 0.4) is 0 Å². The smallest absolute Gasteiger partial charge is 0.308 e. The van der Waals surface area contributed by atoms with Gasteiger partial charge in [-0.2, -0.15) is 0 Å². The van der Waals surface area contributed by atoms with Crippen molar-refractivity contribution in [3.8, 4) is 0 Å². The Kier molecular flexibility index (Phi) is 4.14. The van der Waals surface area contributed by atoms with Crippen LogP contribution >= 0.6 is 27.3 Å². The predicted molar refractivity (Wildman–Crippen MR) is 75.1 cm³/mol. The van der Waals surface area contributed by atoms with Gasteiger partial charge in [-0.05, 0) is 24.6 Å². The number of aromatic nitrogens is 1. The number of halogens is 1. The molecule has 1 N–H and O–H groups in total. The maximum atomic E-state index is 10.7. The largest absolute Gasteiger partial charge is 0.481 e. The topological polar surface area (TPSA) is 50.2 Å². The summed E-state index contributed by atoms with van der Waals surface area (Å²) >= 11 is 4.88. The van der Waals surface area contributed by atoms with Crippen LogP contribution < -0.4 is 0 Å². The number of carboxylic acids is 1. The second kappa shape index (κ2) is 5.63. The summed E-state index contributed by atoms with van der Waals surface area (Å²) < 4.78 is 1.05. The van der Waals surface area contributed by atoms with Crippen LogP contribution in [0.1, 0.15) is 21.1 Å². The van der Waals surface area contributed by atoms with Crippen molar-refractivity contribution in [2.45, 2.75) is 19.8 Å². The van der Waals surface area contributed by atoms with E-state index in [1.54, 1.807) is 0 Å². The summed E-state index contributed by atoms with van der Waals surface area (Å²) in [7, 11) is 0. The molecule has 0 fully saturated rings. The van der Waals surface area contributed by atoms with E-state index in [9.17, 15) is 4.79 Å². The highest BCUT2D eigenvalue weighted by Gasteiger charge is 2.11.